The number of sulfonamides is 1. The van der Waals surface area contributed by atoms with E-state index in [0.29, 0.717) is 20.0 Å². The molecule has 0 aliphatic heterocycles. The van der Waals surface area contributed by atoms with Crippen molar-refractivity contribution >= 4 is 37.3 Å². The van der Waals surface area contributed by atoms with E-state index in [2.05, 4.69) is 41.4 Å². The summed E-state index contributed by atoms with van der Waals surface area (Å²) in [6, 6.07) is 1.85. The Morgan fingerprint density at radius 3 is 2.43 bits per heavy atom. The lowest BCUT2D eigenvalue weighted by Crippen LogP contribution is -2.39. The second kappa shape index (κ2) is 6.69. The summed E-state index contributed by atoms with van der Waals surface area (Å²) >= 11 is 4.56. The van der Waals surface area contributed by atoms with E-state index in [1.54, 1.807) is 11.4 Å². The first-order valence-corrected chi connectivity index (χ1v) is 10.7. The Morgan fingerprint density at radius 2 is 1.95 bits per heavy atom. The summed E-state index contributed by atoms with van der Waals surface area (Å²) in [5.74, 6) is 0.705. The molecule has 1 heterocycles. The van der Waals surface area contributed by atoms with Crippen LogP contribution in [-0.4, -0.2) is 14.5 Å². The SMILES string of the molecule is CCC(C)(C)C1CCC(NS(=O)(=O)c2sccc2Br)CC1. The van der Waals surface area contributed by atoms with Gasteiger partial charge in [-0.05, 0) is 64.4 Å². The van der Waals surface area contributed by atoms with Gasteiger partial charge >= 0.3 is 0 Å². The lowest BCUT2D eigenvalue weighted by Gasteiger charge is -2.38. The van der Waals surface area contributed by atoms with Crippen molar-refractivity contribution < 1.29 is 8.42 Å². The molecule has 1 saturated carbocycles. The molecule has 1 aliphatic carbocycles. The molecular formula is C15H24BrNO2S2. The number of halogens is 1. The summed E-state index contributed by atoms with van der Waals surface area (Å²) in [5.41, 5.74) is 0.362. The summed E-state index contributed by atoms with van der Waals surface area (Å²) in [6.07, 6.45) is 5.28. The van der Waals surface area contributed by atoms with Crippen molar-refractivity contribution in [3.8, 4) is 0 Å². The maximum absolute atomic E-state index is 12.4. The van der Waals surface area contributed by atoms with Gasteiger partial charge in [-0.25, -0.2) is 13.1 Å². The van der Waals surface area contributed by atoms with Crippen LogP contribution in [0.1, 0.15) is 52.9 Å². The molecule has 0 atom stereocenters. The van der Waals surface area contributed by atoms with E-state index in [0.717, 1.165) is 25.7 Å². The van der Waals surface area contributed by atoms with Gasteiger partial charge in [0.15, 0.2) is 0 Å². The van der Waals surface area contributed by atoms with Crippen molar-refractivity contribution in [1.29, 1.82) is 0 Å². The van der Waals surface area contributed by atoms with Crippen LogP contribution < -0.4 is 4.72 Å². The van der Waals surface area contributed by atoms with Gasteiger partial charge in [0, 0.05) is 10.5 Å². The van der Waals surface area contributed by atoms with E-state index >= 15 is 0 Å². The zero-order valence-corrected chi connectivity index (χ0v) is 16.1. The third-order valence-corrected chi connectivity index (χ3v) is 9.08. The molecule has 0 radical (unpaired) electrons. The highest BCUT2D eigenvalue weighted by Crippen LogP contribution is 2.40. The van der Waals surface area contributed by atoms with E-state index in [-0.39, 0.29) is 6.04 Å². The van der Waals surface area contributed by atoms with Crippen LogP contribution in [-0.2, 0) is 10.0 Å². The molecule has 3 nitrogen and oxygen atoms in total. The number of hydrogen-bond donors (Lipinski definition) is 1. The van der Waals surface area contributed by atoms with Crippen LogP contribution in [0.15, 0.2) is 20.1 Å². The summed E-state index contributed by atoms with van der Waals surface area (Å²) in [5, 5.41) is 1.79. The van der Waals surface area contributed by atoms with Gasteiger partial charge in [0.1, 0.15) is 4.21 Å². The molecule has 120 valence electrons. The minimum Gasteiger partial charge on any atom is -0.207 e. The van der Waals surface area contributed by atoms with Gasteiger partial charge in [0.2, 0.25) is 0 Å². The van der Waals surface area contributed by atoms with Crippen LogP contribution >= 0.6 is 27.3 Å². The molecule has 1 N–H and O–H groups in total. The number of thiophene rings is 1. The third-order valence-electron chi connectivity index (χ3n) is 4.89. The lowest BCUT2D eigenvalue weighted by atomic mass is 9.69. The largest absolute Gasteiger partial charge is 0.251 e. The van der Waals surface area contributed by atoms with Crippen LogP contribution in [0.25, 0.3) is 0 Å². The minimum atomic E-state index is -3.38. The number of nitrogens with one attached hydrogen (secondary N) is 1. The maximum Gasteiger partial charge on any atom is 0.251 e. The fraction of sp³-hybridized carbons (Fsp3) is 0.733. The third kappa shape index (κ3) is 4.09. The number of hydrogen-bond acceptors (Lipinski definition) is 3. The van der Waals surface area contributed by atoms with Gasteiger partial charge in [-0.2, -0.15) is 0 Å². The molecule has 1 aromatic rings. The van der Waals surface area contributed by atoms with Crippen molar-refractivity contribution in [3.05, 3.63) is 15.9 Å². The zero-order valence-electron chi connectivity index (χ0n) is 12.9. The molecule has 0 spiro atoms. The summed E-state index contributed by atoms with van der Waals surface area (Å²) < 4.78 is 28.7. The molecule has 1 aliphatic rings. The molecule has 1 aromatic heterocycles. The average Bonchev–Trinajstić information content (AvgIpc) is 2.86. The Hall–Kier alpha value is 0.0900. The van der Waals surface area contributed by atoms with Crippen molar-refractivity contribution in [2.24, 2.45) is 11.3 Å². The zero-order chi connectivity index (χ0) is 15.7. The topological polar surface area (TPSA) is 46.2 Å². The highest BCUT2D eigenvalue weighted by atomic mass is 79.9. The fourth-order valence-corrected chi connectivity index (χ4v) is 6.69. The van der Waals surface area contributed by atoms with Crippen LogP contribution in [0.2, 0.25) is 0 Å². The quantitative estimate of drug-likeness (QED) is 0.781. The van der Waals surface area contributed by atoms with Gasteiger partial charge in [-0.15, -0.1) is 11.3 Å². The highest BCUT2D eigenvalue weighted by molar-refractivity contribution is 9.10. The standard InChI is InChI=1S/C15H24BrNO2S2/c1-4-15(2,3)11-5-7-12(8-6-11)17-21(18,19)14-13(16)9-10-20-14/h9-12,17H,4-8H2,1-3H3. The number of rotatable bonds is 5. The smallest absolute Gasteiger partial charge is 0.207 e. The van der Waals surface area contributed by atoms with Crippen LogP contribution in [0.5, 0.6) is 0 Å². The second-order valence-electron chi connectivity index (χ2n) is 6.57. The first-order valence-electron chi connectivity index (χ1n) is 7.51. The van der Waals surface area contributed by atoms with Crippen molar-refractivity contribution in [2.45, 2.75) is 63.1 Å². The van der Waals surface area contributed by atoms with Crippen LogP contribution in [0, 0.1) is 11.3 Å². The molecule has 0 amide bonds. The van der Waals surface area contributed by atoms with E-state index in [4.69, 9.17) is 0 Å². The second-order valence-corrected chi connectivity index (χ2v) is 10.2. The average molecular weight is 394 g/mol. The Labute approximate surface area is 140 Å². The van der Waals surface area contributed by atoms with E-state index in [9.17, 15) is 8.42 Å². The molecule has 0 aromatic carbocycles. The first kappa shape index (κ1) is 17.4. The summed E-state index contributed by atoms with van der Waals surface area (Å²) in [7, 11) is -3.38. The van der Waals surface area contributed by atoms with E-state index in [1.807, 2.05) is 0 Å². The Kier molecular flexibility index (Phi) is 5.55. The van der Waals surface area contributed by atoms with E-state index in [1.165, 1.54) is 17.8 Å². The predicted molar refractivity (Wildman–Crippen MR) is 92.2 cm³/mol. The Balaban J connectivity index is 1.97. The first-order chi connectivity index (χ1) is 9.76. The normalized spacial score (nSPS) is 24.2. The maximum atomic E-state index is 12.4. The van der Waals surface area contributed by atoms with Gasteiger partial charge < -0.3 is 0 Å². The molecular weight excluding hydrogens is 370 g/mol. The molecule has 0 bridgehead atoms. The van der Waals surface area contributed by atoms with Gasteiger partial charge in [-0.1, -0.05) is 27.2 Å². The summed E-state index contributed by atoms with van der Waals surface area (Å²) in [4.78, 5) is 0. The van der Waals surface area contributed by atoms with Crippen molar-refractivity contribution in [1.82, 2.24) is 4.72 Å². The van der Waals surface area contributed by atoms with Crippen LogP contribution in [0.4, 0.5) is 0 Å². The molecule has 1 fully saturated rings. The Morgan fingerprint density at radius 1 is 1.33 bits per heavy atom. The highest BCUT2D eigenvalue weighted by Gasteiger charge is 2.33. The minimum absolute atomic E-state index is 0.0768. The molecule has 0 saturated heterocycles. The van der Waals surface area contributed by atoms with E-state index < -0.39 is 10.0 Å². The monoisotopic (exact) mass is 393 g/mol. The van der Waals surface area contributed by atoms with Crippen molar-refractivity contribution in [3.63, 3.8) is 0 Å². The lowest BCUT2D eigenvalue weighted by molar-refractivity contribution is 0.142. The molecule has 2 rings (SSSR count). The van der Waals surface area contributed by atoms with Gasteiger partial charge in [0.25, 0.3) is 10.0 Å². The summed E-state index contributed by atoms with van der Waals surface area (Å²) in [6.45, 7) is 6.89. The van der Waals surface area contributed by atoms with Crippen molar-refractivity contribution in [2.75, 3.05) is 0 Å². The van der Waals surface area contributed by atoms with Gasteiger partial charge in [-0.3, -0.25) is 0 Å². The predicted octanol–water partition coefficient (Wildman–Crippen LogP) is 4.78. The molecule has 6 heteroatoms. The fourth-order valence-electron chi connectivity index (χ4n) is 3.03. The molecule has 0 unspecified atom stereocenters. The molecule has 21 heavy (non-hydrogen) atoms. The van der Waals surface area contributed by atoms with Gasteiger partial charge in [0.05, 0.1) is 0 Å². The van der Waals surface area contributed by atoms with Crippen LogP contribution in [0.3, 0.4) is 0 Å². The Bertz CT molecular complexity index is 572.